The number of hydrogen-bond donors (Lipinski definition) is 1. The van der Waals surface area contributed by atoms with Crippen LogP contribution in [0.15, 0.2) is 0 Å². The van der Waals surface area contributed by atoms with E-state index in [4.69, 9.17) is 0 Å². The average molecular weight is 238 g/mol. The molecule has 2 rings (SSSR count). The van der Waals surface area contributed by atoms with Crippen LogP contribution in [-0.4, -0.2) is 36.6 Å². The molecule has 1 N–H and O–H groups in total. The minimum Gasteiger partial charge on any atom is -0.310 e. The Kier molecular flexibility index (Phi) is 4.48. The van der Waals surface area contributed by atoms with Crippen molar-refractivity contribution in [2.24, 2.45) is 5.92 Å². The molecule has 1 atom stereocenters. The number of rotatable bonds is 4. The van der Waals surface area contributed by atoms with Gasteiger partial charge in [-0.1, -0.05) is 13.8 Å². The lowest BCUT2D eigenvalue weighted by molar-refractivity contribution is 0.128. The van der Waals surface area contributed by atoms with Crippen LogP contribution < -0.4 is 5.32 Å². The molecule has 0 aromatic heterocycles. The fourth-order valence-electron chi connectivity index (χ4n) is 3.71. The summed E-state index contributed by atoms with van der Waals surface area (Å²) in [5, 5.41) is 3.76. The molecule has 1 saturated carbocycles. The molecule has 100 valence electrons. The summed E-state index contributed by atoms with van der Waals surface area (Å²) >= 11 is 0. The van der Waals surface area contributed by atoms with Gasteiger partial charge in [-0.3, -0.25) is 0 Å². The minimum absolute atomic E-state index is 0.428. The molecule has 1 aliphatic carbocycles. The van der Waals surface area contributed by atoms with Gasteiger partial charge in [0.05, 0.1) is 0 Å². The van der Waals surface area contributed by atoms with Crippen LogP contribution >= 0.6 is 0 Å². The molecule has 0 amide bonds. The Morgan fingerprint density at radius 3 is 2.47 bits per heavy atom. The maximum atomic E-state index is 3.76. The van der Waals surface area contributed by atoms with Crippen molar-refractivity contribution in [1.82, 2.24) is 10.2 Å². The second-order valence-corrected chi connectivity index (χ2v) is 6.49. The van der Waals surface area contributed by atoms with Gasteiger partial charge in [0.15, 0.2) is 0 Å². The molecule has 1 saturated heterocycles. The predicted octanol–water partition coefficient (Wildman–Crippen LogP) is 3.03. The van der Waals surface area contributed by atoms with Crippen LogP contribution in [0.1, 0.15) is 58.8 Å². The largest absolute Gasteiger partial charge is 0.310 e. The molecular formula is C15H30N2. The van der Waals surface area contributed by atoms with Crippen molar-refractivity contribution < 1.29 is 0 Å². The van der Waals surface area contributed by atoms with Crippen LogP contribution in [0, 0.1) is 5.92 Å². The van der Waals surface area contributed by atoms with Gasteiger partial charge in [-0.05, 0) is 64.5 Å². The lowest BCUT2D eigenvalue weighted by Crippen LogP contribution is -2.51. The van der Waals surface area contributed by atoms with E-state index < -0.39 is 0 Å². The van der Waals surface area contributed by atoms with Crippen LogP contribution in [-0.2, 0) is 0 Å². The van der Waals surface area contributed by atoms with Gasteiger partial charge in [0.25, 0.3) is 0 Å². The van der Waals surface area contributed by atoms with Crippen LogP contribution in [0.2, 0.25) is 0 Å². The Morgan fingerprint density at radius 1 is 1.24 bits per heavy atom. The first-order chi connectivity index (χ1) is 8.15. The van der Waals surface area contributed by atoms with Gasteiger partial charge in [-0.25, -0.2) is 0 Å². The highest BCUT2D eigenvalue weighted by atomic mass is 15.2. The molecule has 2 fully saturated rings. The summed E-state index contributed by atoms with van der Waals surface area (Å²) in [5.74, 6) is 0.962. The first kappa shape index (κ1) is 13.4. The highest BCUT2D eigenvalue weighted by Gasteiger charge is 2.34. The highest BCUT2D eigenvalue weighted by Crippen LogP contribution is 2.29. The molecule has 0 aromatic carbocycles. The summed E-state index contributed by atoms with van der Waals surface area (Å²) in [7, 11) is 2.35. The summed E-state index contributed by atoms with van der Waals surface area (Å²) in [4.78, 5) is 2.65. The van der Waals surface area contributed by atoms with E-state index in [-0.39, 0.29) is 0 Å². The SMILES string of the molecule is CCC1(CN(C)C2CCC(C)CC2)CCCN1. The van der Waals surface area contributed by atoms with Crippen LogP contribution in [0.3, 0.4) is 0 Å². The molecule has 0 aromatic rings. The third kappa shape index (κ3) is 3.23. The van der Waals surface area contributed by atoms with E-state index in [2.05, 4.69) is 31.1 Å². The Bertz CT molecular complexity index is 225. The number of hydrogen-bond acceptors (Lipinski definition) is 2. The summed E-state index contributed by atoms with van der Waals surface area (Å²) in [6, 6.07) is 0.844. The number of nitrogens with one attached hydrogen (secondary N) is 1. The summed E-state index contributed by atoms with van der Waals surface area (Å²) in [6.45, 7) is 7.23. The van der Waals surface area contributed by atoms with Gasteiger partial charge in [-0.2, -0.15) is 0 Å². The zero-order valence-corrected chi connectivity index (χ0v) is 12.0. The molecule has 1 aliphatic heterocycles. The van der Waals surface area contributed by atoms with E-state index in [1.54, 1.807) is 0 Å². The quantitative estimate of drug-likeness (QED) is 0.810. The molecule has 1 unspecified atom stereocenters. The number of likely N-dealkylation sites (N-methyl/N-ethyl adjacent to an activating group) is 1. The van der Waals surface area contributed by atoms with Gasteiger partial charge >= 0.3 is 0 Å². The monoisotopic (exact) mass is 238 g/mol. The molecular weight excluding hydrogens is 208 g/mol. The van der Waals surface area contributed by atoms with Gasteiger partial charge < -0.3 is 10.2 Å². The van der Waals surface area contributed by atoms with Gasteiger partial charge in [0, 0.05) is 18.1 Å². The predicted molar refractivity (Wildman–Crippen MR) is 74.3 cm³/mol. The van der Waals surface area contributed by atoms with Crippen molar-refractivity contribution in [2.75, 3.05) is 20.1 Å². The van der Waals surface area contributed by atoms with Crippen molar-refractivity contribution in [3.8, 4) is 0 Å². The Labute approximate surface area is 107 Å². The van der Waals surface area contributed by atoms with Gasteiger partial charge in [0.1, 0.15) is 0 Å². The highest BCUT2D eigenvalue weighted by molar-refractivity contribution is 4.95. The summed E-state index contributed by atoms with van der Waals surface area (Å²) in [6.07, 6.45) is 9.71. The molecule has 1 heterocycles. The van der Waals surface area contributed by atoms with Crippen LogP contribution in [0.4, 0.5) is 0 Å². The number of nitrogens with zero attached hydrogens (tertiary/aromatic N) is 1. The first-order valence-corrected chi connectivity index (χ1v) is 7.60. The van der Waals surface area contributed by atoms with E-state index in [0.717, 1.165) is 12.0 Å². The molecule has 0 spiro atoms. The lowest BCUT2D eigenvalue weighted by Gasteiger charge is -2.39. The maximum absolute atomic E-state index is 3.76. The van der Waals surface area contributed by atoms with E-state index in [1.807, 2.05) is 0 Å². The van der Waals surface area contributed by atoms with E-state index >= 15 is 0 Å². The Balaban J connectivity index is 1.85. The summed E-state index contributed by atoms with van der Waals surface area (Å²) in [5.41, 5.74) is 0.428. The zero-order valence-electron chi connectivity index (χ0n) is 12.0. The Hall–Kier alpha value is -0.0800. The van der Waals surface area contributed by atoms with Crippen LogP contribution in [0.25, 0.3) is 0 Å². The third-order valence-electron chi connectivity index (χ3n) is 5.17. The van der Waals surface area contributed by atoms with Gasteiger partial charge in [-0.15, -0.1) is 0 Å². The fourth-order valence-corrected chi connectivity index (χ4v) is 3.71. The normalized spacial score (nSPS) is 38.8. The van der Waals surface area contributed by atoms with Crippen LogP contribution in [0.5, 0.6) is 0 Å². The van der Waals surface area contributed by atoms with Crippen molar-refractivity contribution >= 4 is 0 Å². The molecule has 2 heteroatoms. The van der Waals surface area contributed by atoms with E-state index in [0.29, 0.717) is 5.54 Å². The fraction of sp³-hybridized carbons (Fsp3) is 1.00. The second kappa shape index (κ2) is 5.71. The molecule has 2 aliphatic rings. The Morgan fingerprint density at radius 2 is 1.94 bits per heavy atom. The zero-order chi connectivity index (χ0) is 12.3. The van der Waals surface area contributed by atoms with Gasteiger partial charge in [0.2, 0.25) is 0 Å². The van der Waals surface area contributed by atoms with Crippen molar-refractivity contribution in [3.63, 3.8) is 0 Å². The first-order valence-electron chi connectivity index (χ1n) is 7.60. The topological polar surface area (TPSA) is 15.3 Å². The molecule has 17 heavy (non-hydrogen) atoms. The average Bonchev–Trinajstić information content (AvgIpc) is 2.79. The van der Waals surface area contributed by atoms with Crippen molar-refractivity contribution in [2.45, 2.75) is 70.4 Å². The standard InChI is InChI=1S/C15H30N2/c1-4-15(10-5-11-16-15)12-17(3)14-8-6-13(2)7-9-14/h13-14,16H,4-12H2,1-3H3. The van der Waals surface area contributed by atoms with E-state index in [9.17, 15) is 0 Å². The minimum atomic E-state index is 0.428. The molecule has 2 nitrogen and oxygen atoms in total. The molecule has 0 bridgehead atoms. The molecule has 0 radical (unpaired) electrons. The van der Waals surface area contributed by atoms with E-state index in [1.165, 1.54) is 58.0 Å². The maximum Gasteiger partial charge on any atom is 0.0306 e. The second-order valence-electron chi connectivity index (χ2n) is 6.49. The lowest BCUT2D eigenvalue weighted by atomic mass is 9.85. The van der Waals surface area contributed by atoms with Crippen molar-refractivity contribution in [3.05, 3.63) is 0 Å². The van der Waals surface area contributed by atoms with Crippen molar-refractivity contribution in [1.29, 1.82) is 0 Å². The third-order valence-corrected chi connectivity index (χ3v) is 5.17. The smallest absolute Gasteiger partial charge is 0.0306 e. The summed E-state index contributed by atoms with van der Waals surface area (Å²) < 4.78 is 0.